The summed E-state index contributed by atoms with van der Waals surface area (Å²) < 4.78 is 0. The van der Waals surface area contributed by atoms with Crippen LogP contribution in [0.5, 0.6) is 0 Å². The first kappa shape index (κ1) is 20.3. The van der Waals surface area contributed by atoms with Crippen LogP contribution in [0.3, 0.4) is 0 Å². The van der Waals surface area contributed by atoms with Crippen LogP contribution in [0.15, 0.2) is 47.4 Å². The Morgan fingerprint density at radius 1 is 1.12 bits per heavy atom. The Morgan fingerprint density at radius 2 is 1.81 bits per heavy atom. The predicted octanol–water partition coefficient (Wildman–Crippen LogP) is 5.51. The molecule has 0 saturated carbocycles. The molecule has 0 saturated heterocycles. The molecular weight excluding hydrogens is 368 g/mol. The van der Waals surface area contributed by atoms with E-state index in [1.807, 2.05) is 51.1 Å². The summed E-state index contributed by atoms with van der Waals surface area (Å²) in [4.78, 5) is 25.0. The van der Waals surface area contributed by atoms with Crippen molar-refractivity contribution in [1.82, 2.24) is 0 Å². The fourth-order valence-corrected chi connectivity index (χ4v) is 3.33. The molecule has 1 atom stereocenters. The molecule has 0 aliphatic heterocycles. The highest BCUT2D eigenvalue weighted by molar-refractivity contribution is 8.00. The van der Waals surface area contributed by atoms with E-state index in [0.717, 1.165) is 28.3 Å². The van der Waals surface area contributed by atoms with E-state index in [9.17, 15) is 9.59 Å². The zero-order chi connectivity index (χ0) is 19.1. The lowest BCUT2D eigenvalue weighted by Gasteiger charge is -2.14. The lowest BCUT2D eigenvalue weighted by molar-refractivity contribution is -0.116. The number of hydrogen-bond acceptors (Lipinski definition) is 3. The van der Waals surface area contributed by atoms with Crippen LogP contribution in [-0.4, -0.2) is 17.1 Å². The highest BCUT2D eigenvalue weighted by Crippen LogP contribution is 2.27. The SMILES string of the molecule is CCCC(=O)Nc1ccc(SC(C)C(=O)Nc2cc(Cl)ccc2C)cc1. The Labute approximate surface area is 163 Å². The van der Waals surface area contributed by atoms with Gasteiger partial charge in [-0.1, -0.05) is 24.6 Å². The summed E-state index contributed by atoms with van der Waals surface area (Å²) in [7, 11) is 0. The molecule has 0 bridgehead atoms. The number of benzene rings is 2. The van der Waals surface area contributed by atoms with Gasteiger partial charge in [0.2, 0.25) is 11.8 Å². The maximum Gasteiger partial charge on any atom is 0.237 e. The number of thioether (sulfide) groups is 1. The second kappa shape index (κ2) is 9.64. The van der Waals surface area contributed by atoms with E-state index in [-0.39, 0.29) is 17.1 Å². The summed E-state index contributed by atoms with van der Waals surface area (Å²) in [6, 6.07) is 12.9. The quantitative estimate of drug-likeness (QED) is 0.613. The molecule has 0 aliphatic rings. The number of carbonyl (C=O) groups excluding carboxylic acids is 2. The molecule has 0 heterocycles. The van der Waals surface area contributed by atoms with E-state index in [4.69, 9.17) is 11.6 Å². The van der Waals surface area contributed by atoms with Gasteiger partial charge in [0.05, 0.1) is 5.25 Å². The van der Waals surface area contributed by atoms with Crippen LogP contribution in [-0.2, 0) is 9.59 Å². The van der Waals surface area contributed by atoms with E-state index < -0.39 is 0 Å². The van der Waals surface area contributed by atoms with Gasteiger partial charge in [-0.3, -0.25) is 9.59 Å². The van der Waals surface area contributed by atoms with Gasteiger partial charge >= 0.3 is 0 Å². The van der Waals surface area contributed by atoms with Gasteiger partial charge in [-0.05, 0) is 62.2 Å². The zero-order valence-corrected chi connectivity index (χ0v) is 16.7. The van der Waals surface area contributed by atoms with Gasteiger partial charge in [0.25, 0.3) is 0 Å². The molecule has 0 spiro atoms. The maximum atomic E-state index is 12.4. The number of hydrogen-bond donors (Lipinski definition) is 2. The summed E-state index contributed by atoms with van der Waals surface area (Å²) in [6.45, 7) is 5.75. The first-order valence-electron chi connectivity index (χ1n) is 8.52. The van der Waals surface area contributed by atoms with Crippen LogP contribution in [0.25, 0.3) is 0 Å². The molecule has 2 aromatic rings. The number of amides is 2. The minimum atomic E-state index is -0.270. The number of halogens is 1. The first-order chi connectivity index (χ1) is 12.4. The molecule has 26 heavy (non-hydrogen) atoms. The van der Waals surface area contributed by atoms with Crippen molar-refractivity contribution in [2.45, 2.75) is 43.8 Å². The van der Waals surface area contributed by atoms with Crippen molar-refractivity contribution in [3.8, 4) is 0 Å². The molecule has 0 aliphatic carbocycles. The van der Waals surface area contributed by atoms with Gasteiger partial charge in [0, 0.05) is 27.7 Å². The second-order valence-corrected chi connectivity index (χ2v) is 7.88. The standard InChI is InChI=1S/C20H23ClN2O2S/c1-4-5-19(24)22-16-8-10-17(11-9-16)26-14(3)20(25)23-18-12-15(21)7-6-13(18)2/h6-12,14H,4-5H2,1-3H3,(H,22,24)(H,23,25). The minimum absolute atomic E-state index is 0.0116. The Bertz CT molecular complexity index is 778. The molecule has 138 valence electrons. The summed E-state index contributed by atoms with van der Waals surface area (Å²) in [5.41, 5.74) is 2.45. The van der Waals surface area contributed by atoms with Crippen LogP contribution < -0.4 is 10.6 Å². The third-order valence-electron chi connectivity index (χ3n) is 3.75. The van der Waals surface area contributed by atoms with E-state index in [1.54, 1.807) is 12.1 Å². The van der Waals surface area contributed by atoms with Crippen molar-refractivity contribution < 1.29 is 9.59 Å². The van der Waals surface area contributed by atoms with E-state index in [2.05, 4.69) is 10.6 Å². The van der Waals surface area contributed by atoms with Gasteiger partial charge in [-0.2, -0.15) is 0 Å². The van der Waals surface area contributed by atoms with Gasteiger partial charge in [-0.25, -0.2) is 0 Å². The lowest BCUT2D eigenvalue weighted by atomic mass is 10.2. The Kier molecular flexibility index (Phi) is 7.54. The summed E-state index contributed by atoms with van der Waals surface area (Å²) >= 11 is 7.45. The molecular formula is C20H23ClN2O2S. The molecule has 0 aromatic heterocycles. The number of rotatable bonds is 7. The second-order valence-electron chi connectivity index (χ2n) is 6.03. The molecule has 2 aromatic carbocycles. The molecule has 0 radical (unpaired) electrons. The van der Waals surface area contributed by atoms with Crippen molar-refractivity contribution in [2.24, 2.45) is 0 Å². The zero-order valence-electron chi connectivity index (χ0n) is 15.1. The highest BCUT2D eigenvalue weighted by Gasteiger charge is 2.15. The third-order valence-corrected chi connectivity index (χ3v) is 5.10. The summed E-state index contributed by atoms with van der Waals surface area (Å²) in [5, 5.41) is 6.09. The average Bonchev–Trinajstić information content (AvgIpc) is 2.60. The molecule has 4 nitrogen and oxygen atoms in total. The molecule has 2 rings (SSSR count). The third kappa shape index (κ3) is 6.07. The first-order valence-corrected chi connectivity index (χ1v) is 9.78. The predicted molar refractivity (Wildman–Crippen MR) is 110 cm³/mol. The van der Waals surface area contributed by atoms with Crippen molar-refractivity contribution in [3.05, 3.63) is 53.1 Å². The van der Waals surface area contributed by atoms with Crippen molar-refractivity contribution >= 4 is 46.6 Å². The molecule has 2 N–H and O–H groups in total. The van der Waals surface area contributed by atoms with E-state index in [0.29, 0.717) is 11.4 Å². The van der Waals surface area contributed by atoms with Gasteiger partial charge in [-0.15, -0.1) is 11.8 Å². The molecule has 6 heteroatoms. The maximum absolute atomic E-state index is 12.4. The fraction of sp³-hybridized carbons (Fsp3) is 0.300. The van der Waals surface area contributed by atoms with Gasteiger partial charge in [0.1, 0.15) is 0 Å². The van der Waals surface area contributed by atoms with Crippen molar-refractivity contribution in [3.63, 3.8) is 0 Å². The number of carbonyl (C=O) groups is 2. The van der Waals surface area contributed by atoms with Crippen molar-refractivity contribution in [1.29, 1.82) is 0 Å². The van der Waals surface area contributed by atoms with Crippen molar-refractivity contribution in [2.75, 3.05) is 10.6 Å². The molecule has 2 amide bonds. The summed E-state index contributed by atoms with van der Waals surface area (Å²) in [5.74, 6) is -0.0711. The largest absolute Gasteiger partial charge is 0.326 e. The van der Waals surface area contributed by atoms with Crippen LogP contribution in [0.1, 0.15) is 32.3 Å². The number of aryl methyl sites for hydroxylation is 1. The van der Waals surface area contributed by atoms with Gasteiger partial charge < -0.3 is 10.6 Å². The van der Waals surface area contributed by atoms with E-state index >= 15 is 0 Å². The fourth-order valence-electron chi connectivity index (χ4n) is 2.29. The number of anilines is 2. The van der Waals surface area contributed by atoms with Gasteiger partial charge in [0.15, 0.2) is 0 Å². The highest BCUT2D eigenvalue weighted by atomic mass is 35.5. The lowest BCUT2D eigenvalue weighted by Crippen LogP contribution is -2.22. The average molecular weight is 391 g/mol. The Morgan fingerprint density at radius 3 is 2.46 bits per heavy atom. The normalized spacial score (nSPS) is 11.7. The van der Waals surface area contributed by atoms with E-state index in [1.165, 1.54) is 11.8 Å². The van der Waals surface area contributed by atoms with Crippen LogP contribution in [0, 0.1) is 6.92 Å². The minimum Gasteiger partial charge on any atom is -0.326 e. The van der Waals surface area contributed by atoms with Crippen LogP contribution in [0.2, 0.25) is 5.02 Å². The van der Waals surface area contributed by atoms with Crippen LogP contribution >= 0.6 is 23.4 Å². The Balaban J connectivity index is 1.94. The molecule has 0 fully saturated rings. The van der Waals surface area contributed by atoms with Crippen LogP contribution in [0.4, 0.5) is 11.4 Å². The summed E-state index contributed by atoms with van der Waals surface area (Å²) in [6.07, 6.45) is 1.33. The monoisotopic (exact) mass is 390 g/mol. The smallest absolute Gasteiger partial charge is 0.237 e. The Hall–Kier alpha value is -1.98. The topological polar surface area (TPSA) is 58.2 Å². The number of nitrogens with one attached hydrogen (secondary N) is 2. The molecule has 1 unspecified atom stereocenters.